The van der Waals surface area contributed by atoms with Crippen molar-refractivity contribution >= 4 is 11.7 Å². The lowest BCUT2D eigenvalue weighted by Crippen LogP contribution is -2.24. The number of allylic oxidation sites excluding steroid dienone is 2. The highest BCUT2D eigenvalue weighted by atomic mass is 16.2. The Morgan fingerprint density at radius 2 is 1.52 bits per heavy atom. The van der Waals surface area contributed by atoms with E-state index < -0.39 is 0 Å². The van der Waals surface area contributed by atoms with E-state index in [9.17, 15) is 9.59 Å². The summed E-state index contributed by atoms with van der Waals surface area (Å²) in [7, 11) is 0. The van der Waals surface area contributed by atoms with E-state index in [2.05, 4.69) is 24.4 Å². The molecule has 1 rings (SSSR count). The minimum atomic E-state index is -0.0238. The van der Waals surface area contributed by atoms with E-state index >= 15 is 0 Å². The molecule has 1 aliphatic heterocycles. The summed E-state index contributed by atoms with van der Waals surface area (Å²) in [5, 5.41) is 2.85. The highest BCUT2D eigenvalue weighted by molar-refractivity contribution is 5.87. The van der Waals surface area contributed by atoms with Gasteiger partial charge in [0.1, 0.15) is 5.78 Å². The third-order valence-electron chi connectivity index (χ3n) is 5.62. The number of Topliss-reactive ketones (excluding diaryl/α,β-unsaturated/α-hetero) is 1. The Kier molecular flexibility index (Phi) is 15.1. The Hall–Kier alpha value is -1.12. The highest BCUT2D eigenvalue weighted by Crippen LogP contribution is 2.19. The number of rotatable bonds is 16. The number of carbonyl (C=O) groups is 2. The van der Waals surface area contributed by atoms with Crippen molar-refractivity contribution in [3.8, 4) is 0 Å². The molecule has 1 amide bonds. The summed E-state index contributed by atoms with van der Waals surface area (Å²) >= 11 is 0. The van der Waals surface area contributed by atoms with Crippen molar-refractivity contribution < 1.29 is 9.59 Å². The molecule has 1 atom stereocenters. The number of ketones is 1. The Labute approximate surface area is 167 Å². The maximum Gasteiger partial charge on any atom is 0.220 e. The molecule has 1 fully saturated rings. The van der Waals surface area contributed by atoms with E-state index in [4.69, 9.17) is 0 Å². The zero-order chi connectivity index (χ0) is 19.6. The molecule has 0 bridgehead atoms. The number of unbranched alkanes of at least 4 members (excludes halogenated alkanes) is 11. The fourth-order valence-electron chi connectivity index (χ4n) is 3.82. The van der Waals surface area contributed by atoms with Crippen molar-refractivity contribution in [3.05, 3.63) is 12.2 Å². The van der Waals surface area contributed by atoms with Crippen LogP contribution in [0, 0.1) is 5.92 Å². The lowest BCUT2D eigenvalue weighted by molar-refractivity contribution is -0.128. The van der Waals surface area contributed by atoms with Gasteiger partial charge in [0.2, 0.25) is 5.91 Å². The van der Waals surface area contributed by atoms with E-state index in [1.54, 1.807) is 0 Å². The quantitative estimate of drug-likeness (QED) is 0.246. The first-order valence-electron chi connectivity index (χ1n) is 11.7. The molecular formula is C24H43NO2. The summed E-state index contributed by atoms with van der Waals surface area (Å²) in [6, 6.07) is 0. The van der Waals surface area contributed by atoms with Gasteiger partial charge in [-0.15, -0.1) is 0 Å². The number of hydrogen-bond donors (Lipinski definition) is 1. The van der Waals surface area contributed by atoms with Crippen LogP contribution in [-0.4, -0.2) is 18.2 Å². The van der Waals surface area contributed by atoms with Crippen molar-refractivity contribution in [2.45, 2.75) is 116 Å². The fourth-order valence-corrected chi connectivity index (χ4v) is 3.82. The highest BCUT2D eigenvalue weighted by Gasteiger charge is 2.23. The lowest BCUT2D eigenvalue weighted by atomic mass is 9.92. The summed E-state index contributed by atoms with van der Waals surface area (Å²) in [5.41, 5.74) is 0. The van der Waals surface area contributed by atoms with Gasteiger partial charge in [0, 0.05) is 25.3 Å². The average Bonchev–Trinajstić information content (AvgIpc) is 2.89. The SMILES string of the molecule is CCCCCCCCC=CCCCCCCCC(=O)[C@H]1CCCNC(=O)C1. The molecule has 0 saturated carbocycles. The summed E-state index contributed by atoms with van der Waals surface area (Å²) in [6.07, 6.45) is 24.2. The number of amides is 1. The second-order valence-electron chi connectivity index (χ2n) is 8.19. The molecule has 0 aromatic heterocycles. The van der Waals surface area contributed by atoms with Crippen molar-refractivity contribution in [2.24, 2.45) is 5.92 Å². The Bertz CT molecular complexity index is 417. The normalized spacial score (nSPS) is 17.8. The van der Waals surface area contributed by atoms with Crippen molar-refractivity contribution in [3.63, 3.8) is 0 Å². The molecule has 0 spiro atoms. The van der Waals surface area contributed by atoms with Crippen LogP contribution in [0.3, 0.4) is 0 Å². The molecule has 3 nitrogen and oxygen atoms in total. The zero-order valence-electron chi connectivity index (χ0n) is 17.8. The van der Waals surface area contributed by atoms with Gasteiger partial charge in [0.25, 0.3) is 0 Å². The van der Waals surface area contributed by atoms with Gasteiger partial charge in [0.15, 0.2) is 0 Å². The van der Waals surface area contributed by atoms with Gasteiger partial charge in [-0.2, -0.15) is 0 Å². The molecule has 0 unspecified atom stereocenters. The molecule has 156 valence electrons. The molecule has 0 aromatic carbocycles. The Balaban J connectivity index is 1.87. The van der Waals surface area contributed by atoms with Gasteiger partial charge in [-0.1, -0.05) is 70.4 Å². The predicted molar refractivity (Wildman–Crippen MR) is 115 cm³/mol. The van der Waals surface area contributed by atoms with Crippen LogP contribution in [0.15, 0.2) is 12.2 Å². The standard InChI is InChI=1S/C24H43NO2/c1-2-3-4-5-6-7-8-9-10-11-12-13-14-15-16-19-23(26)22-18-17-20-25-24(27)21-22/h9-10,22H,2-8,11-21H2,1H3,(H,25,27)/t22-/m0/s1. The summed E-state index contributed by atoms with van der Waals surface area (Å²) in [6.45, 7) is 3.00. The summed E-state index contributed by atoms with van der Waals surface area (Å²) < 4.78 is 0. The van der Waals surface area contributed by atoms with Gasteiger partial charge in [-0.25, -0.2) is 0 Å². The Morgan fingerprint density at radius 1 is 0.926 bits per heavy atom. The smallest absolute Gasteiger partial charge is 0.220 e. The van der Waals surface area contributed by atoms with Gasteiger partial charge in [-0.3, -0.25) is 9.59 Å². The number of carbonyl (C=O) groups excluding carboxylic acids is 2. The molecule has 1 heterocycles. The third kappa shape index (κ3) is 13.7. The van der Waals surface area contributed by atoms with Crippen LogP contribution < -0.4 is 5.32 Å². The van der Waals surface area contributed by atoms with Crippen LogP contribution in [0.4, 0.5) is 0 Å². The number of nitrogens with one attached hydrogen (secondary N) is 1. The van der Waals surface area contributed by atoms with Gasteiger partial charge in [0.05, 0.1) is 0 Å². The monoisotopic (exact) mass is 377 g/mol. The average molecular weight is 378 g/mol. The fraction of sp³-hybridized carbons (Fsp3) is 0.833. The van der Waals surface area contributed by atoms with Gasteiger partial charge < -0.3 is 5.32 Å². The van der Waals surface area contributed by atoms with E-state index in [1.165, 1.54) is 70.6 Å². The van der Waals surface area contributed by atoms with Crippen molar-refractivity contribution in [2.75, 3.05) is 6.54 Å². The van der Waals surface area contributed by atoms with E-state index in [-0.39, 0.29) is 11.8 Å². The van der Waals surface area contributed by atoms with E-state index in [0.717, 1.165) is 32.2 Å². The third-order valence-corrected chi connectivity index (χ3v) is 5.62. The Morgan fingerprint density at radius 3 is 2.19 bits per heavy atom. The summed E-state index contributed by atoms with van der Waals surface area (Å²) in [5.74, 6) is 0.337. The molecule has 1 aliphatic rings. The van der Waals surface area contributed by atoms with Crippen LogP contribution in [0.1, 0.15) is 116 Å². The minimum absolute atomic E-state index is 0.0238. The largest absolute Gasteiger partial charge is 0.356 e. The van der Waals surface area contributed by atoms with Gasteiger partial charge in [-0.05, 0) is 44.9 Å². The predicted octanol–water partition coefficient (Wildman–Crippen LogP) is 6.51. The molecule has 0 aliphatic carbocycles. The molecule has 1 saturated heterocycles. The molecule has 27 heavy (non-hydrogen) atoms. The maximum absolute atomic E-state index is 12.2. The first-order chi connectivity index (χ1) is 13.2. The van der Waals surface area contributed by atoms with Crippen LogP contribution >= 0.6 is 0 Å². The van der Waals surface area contributed by atoms with Crippen molar-refractivity contribution in [1.29, 1.82) is 0 Å². The van der Waals surface area contributed by atoms with E-state index in [0.29, 0.717) is 18.6 Å². The minimum Gasteiger partial charge on any atom is -0.356 e. The molecule has 0 aromatic rings. The van der Waals surface area contributed by atoms with Crippen LogP contribution in [0.2, 0.25) is 0 Å². The summed E-state index contributed by atoms with van der Waals surface area (Å²) in [4.78, 5) is 23.8. The molecular weight excluding hydrogens is 334 g/mol. The maximum atomic E-state index is 12.2. The lowest BCUT2D eigenvalue weighted by Gasteiger charge is -2.11. The van der Waals surface area contributed by atoms with Crippen LogP contribution in [0.5, 0.6) is 0 Å². The molecule has 1 N–H and O–H groups in total. The van der Waals surface area contributed by atoms with Crippen LogP contribution in [-0.2, 0) is 9.59 Å². The molecule has 0 radical (unpaired) electrons. The zero-order valence-corrected chi connectivity index (χ0v) is 17.8. The van der Waals surface area contributed by atoms with Crippen molar-refractivity contribution in [1.82, 2.24) is 5.32 Å². The molecule has 3 heteroatoms. The first-order valence-corrected chi connectivity index (χ1v) is 11.7. The second kappa shape index (κ2) is 17.0. The van der Waals surface area contributed by atoms with E-state index in [1.807, 2.05) is 0 Å². The number of hydrogen-bond acceptors (Lipinski definition) is 2. The topological polar surface area (TPSA) is 46.2 Å². The first kappa shape index (κ1) is 23.9. The van der Waals surface area contributed by atoms with Crippen LogP contribution in [0.25, 0.3) is 0 Å². The van der Waals surface area contributed by atoms with Gasteiger partial charge >= 0.3 is 0 Å². The second-order valence-corrected chi connectivity index (χ2v) is 8.19.